The Morgan fingerprint density at radius 1 is 1.16 bits per heavy atom. The molecule has 6 nitrogen and oxygen atoms in total. The van der Waals surface area contributed by atoms with Crippen LogP contribution in [0.25, 0.3) is 0 Å². The summed E-state index contributed by atoms with van der Waals surface area (Å²) in [5.41, 5.74) is 2.62. The molecule has 31 heavy (non-hydrogen) atoms. The van der Waals surface area contributed by atoms with E-state index >= 15 is 0 Å². The zero-order chi connectivity index (χ0) is 22.0. The summed E-state index contributed by atoms with van der Waals surface area (Å²) in [5.74, 6) is -1.05. The van der Waals surface area contributed by atoms with Gasteiger partial charge in [0.2, 0.25) is 0 Å². The number of Topliss-reactive ketones (excluding diaryl/α,β-unsaturated/α-hetero) is 1. The Morgan fingerprint density at radius 3 is 2.71 bits per heavy atom. The minimum absolute atomic E-state index is 0.143. The lowest BCUT2D eigenvalue weighted by atomic mass is 9.98. The molecule has 4 rings (SSSR count). The molecule has 0 saturated carbocycles. The van der Waals surface area contributed by atoms with Gasteiger partial charge in [0, 0.05) is 37.1 Å². The van der Waals surface area contributed by atoms with Crippen molar-refractivity contribution < 1.29 is 18.2 Å². The molecule has 0 fully saturated rings. The second-order valence-electron chi connectivity index (χ2n) is 7.24. The molecule has 8 heteroatoms. The molecule has 3 aromatic rings. The Balaban J connectivity index is 1.57. The van der Waals surface area contributed by atoms with Gasteiger partial charge in [0.05, 0.1) is 5.69 Å². The number of aromatic nitrogens is 1. The number of benzene rings is 2. The van der Waals surface area contributed by atoms with Crippen molar-refractivity contribution in [3.05, 3.63) is 95.1 Å². The molecule has 0 aliphatic carbocycles. The van der Waals surface area contributed by atoms with Gasteiger partial charge in [-0.2, -0.15) is 0 Å². The maximum atomic E-state index is 13.5. The third-order valence-electron chi connectivity index (χ3n) is 5.16. The third kappa shape index (κ3) is 4.39. The Kier molecular flexibility index (Phi) is 5.90. The van der Waals surface area contributed by atoms with E-state index in [9.17, 15) is 18.2 Å². The van der Waals surface area contributed by atoms with Gasteiger partial charge in [-0.3, -0.25) is 18.9 Å². The molecule has 1 N–H and O–H groups in total. The molecule has 0 spiro atoms. The Morgan fingerprint density at radius 2 is 1.97 bits per heavy atom. The minimum atomic E-state index is -1.61. The van der Waals surface area contributed by atoms with Crippen LogP contribution >= 0.6 is 0 Å². The van der Waals surface area contributed by atoms with Gasteiger partial charge in [0.1, 0.15) is 22.1 Å². The van der Waals surface area contributed by atoms with Crippen LogP contribution in [0.5, 0.6) is 0 Å². The highest BCUT2D eigenvalue weighted by Crippen LogP contribution is 2.32. The van der Waals surface area contributed by atoms with Crippen LogP contribution in [0.2, 0.25) is 0 Å². The van der Waals surface area contributed by atoms with Gasteiger partial charge in [-0.1, -0.05) is 18.2 Å². The lowest BCUT2D eigenvalue weighted by molar-refractivity contribution is 0.0951. The first-order valence-electron chi connectivity index (χ1n) is 9.68. The van der Waals surface area contributed by atoms with E-state index in [2.05, 4.69) is 10.3 Å². The number of pyridine rings is 1. The van der Waals surface area contributed by atoms with E-state index < -0.39 is 22.1 Å². The second kappa shape index (κ2) is 8.77. The number of anilines is 1. The monoisotopic (exact) mass is 437 g/mol. The number of carbonyl (C=O) groups excluding carboxylic acids is 2. The highest BCUT2D eigenvalue weighted by atomic mass is 32.2. The average Bonchev–Trinajstić information content (AvgIpc) is 2.79. The van der Waals surface area contributed by atoms with E-state index in [0.717, 1.165) is 5.56 Å². The third-order valence-corrected chi connectivity index (χ3v) is 6.76. The fourth-order valence-corrected chi connectivity index (χ4v) is 4.91. The number of nitrogens with zero attached hydrogens (tertiary/aromatic N) is 2. The van der Waals surface area contributed by atoms with Crippen molar-refractivity contribution in [3.8, 4) is 0 Å². The van der Waals surface area contributed by atoms with Crippen molar-refractivity contribution >= 4 is 28.4 Å². The molecule has 0 bridgehead atoms. The van der Waals surface area contributed by atoms with Crippen LogP contribution in [0.4, 0.5) is 10.1 Å². The summed E-state index contributed by atoms with van der Waals surface area (Å²) in [7, 11) is 0.0279. The van der Waals surface area contributed by atoms with Gasteiger partial charge in [0.25, 0.3) is 5.91 Å². The molecule has 1 amide bonds. The van der Waals surface area contributed by atoms with E-state index in [-0.39, 0.29) is 18.1 Å². The lowest BCUT2D eigenvalue weighted by Gasteiger charge is -2.31. The summed E-state index contributed by atoms with van der Waals surface area (Å²) >= 11 is 0. The fourth-order valence-electron chi connectivity index (χ4n) is 3.53. The van der Waals surface area contributed by atoms with Crippen LogP contribution < -0.4 is 9.62 Å². The van der Waals surface area contributed by atoms with E-state index in [1.54, 1.807) is 49.8 Å². The van der Waals surface area contributed by atoms with Crippen LogP contribution in [0.15, 0.2) is 67.0 Å². The summed E-state index contributed by atoms with van der Waals surface area (Å²) < 4.78 is 28.0. The molecule has 2 heterocycles. The van der Waals surface area contributed by atoms with Gasteiger partial charge >= 0.3 is 0 Å². The number of hydrogen-bond donors (Lipinski definition) is 1. The number of amides is 1. The Bertz CT molecular complexity index is 1170. The molecule has 158 valence electrons. The zero-order valence-electron chi connectivity index (χ0n) is 16.7. The van der Waals surface area contributed by atoms with Gasteiger partial charge < -0.3 is 5.32 Å². The molecule has 0 radical (unpaired) electrons. The van der Waals surface area contributed by atoms with Crippen LogP contribution in [0, 0.1) is 5.82 Å². The largest absolute Gasteiger partial charge is 0.348 e. The number of carbonyl (C=O) groups is 2. The first kappa shape index (κ1) is 20.9. The van der Waals surface area contributed by atoms with E-state index in [1.165, 1.54) is 22.5 Å². The maximum absolute atomic E-state index is 13.5. The molecule has 1 aromatic heterocycles. The predicted molar refractivity (Wildman–Crippen MR) is 117 cm³/mol. The molecular formula is C23H20FN3O3S. The van der Waals surface area contributed by atoms with E-state index in [0.29, 0.717) is 28.9 Å². The summed E-state index contributed by atoms with van der Waals surface area (Å²) in [6.45, 7) is 0.309. The topological polar surface area (TPSA) is 79.4 Å². The molecule has 1 aliphatic rings. The van der Waals surface area contributed by atoms with E-state index in [4.69, 9.17) is 0 Å². The normalized spacial score (nSPS) is 17.9. The number of halogens is 1. The minimum Gasteiger partial charge on any atom is -0.348 e. The van der Waals surface area contributed by atoms with E-state index in [1.807, 2.05) is 6.07 Å². The van der Waals surface area contributed by atoms with Crippen LogP contribution in [-0.4, -0.2) is 33.2 Å². The van der Waals surface area contributed by atoms with Crippen molar-refractivity contribution in [1.29, 1.82) is 0 Å². The average molecular weight is 437 g/mol. The van der Waals surface area contributed by atoms with Gasteiger partial charge in [-0.05, 0) is 53.9 Å². The predicted octanol–water partition coefficient (Wildman–Crippen LogP) is 3.06. The Hall–Kier alpha value is -3.39. The first-order chi connectivity index (χ1) is 14.9. The summed E-state index contributed by atoms with van der Waals surface area (Å²) in [4.78, 5) is 29.8. The van der Waals surface area contributed by atoms with Gasteiger partial charge in [-0.25, -0.2) is 8.60 Å². The van der Waals surface area contributed by atoms with Crippen LogP contribution in [-0.2, 0) is 24.0 Å². The van der Waals surface area contributed by atoms with Crippen molar-refractivity contribution in [2.45, 2.75) is 18.2 Å². The maximum Gasteiger partial charge on any atom is 0.251 e. The van der Waals surface area contributed by atoms with Crippen molar-refractivity contribution in [1.82, 2.24) is 10.3 Å². The number of hydrogen-bond acceptors (Lipinski definition) is 4. The smallest absolute Gasteiger partial charge is 0.251 e. The van der Waals surface area contributed by atoms with Crippen molar-refractivity contribution in [2.24, 2.45) is 0 Å². The number of ketones is 1. The summed E-state index contributed by atoms with van der Waals surface area (Å²) in [5, 5.41) is 1.95. The zero-order valence-corrected chi connectivity index (χ0v) is 17.6. The molecule has 2 unspecified atom stereocenters. The molecule has 1 aliphatic heterocycles. The first-order valence-corrected chi connectivity index (χ1v) is 10.9. The molecule has 0 saturated heterocycles. The number of fused-ring (bicyclic) bond motifs is 1. The standard InChI is InChI=1S/C23H20FN3O3S/c1-27-20-8-7-17(23(29)26-14-16-5-3-9-25-13-16)12-19(20)22(28)21(31(27)30)11-15-4-2-6-18(24)10-15/h2-10,12-13,21H,11,14H2,1H3,(H,26,29). The van der Waals surface area contributed by atoms with Gasteiger partial charge in [-0.15, -0.1) is 0 Å². The van der Waals surface area contributed by atoms with Gasteiger partial charge in [0.15, 0.2) is 5.78 Å². The summed E-state index contributed by atoms with van der Waals surface area (Å²) in [6, 6.07) is 14.3. The summed E-state index contributed by atoms with van der Waals surface area (Å²) in [6.07, 6.45) is 3.46. The van der Waals surface area contributed by atoms with Crippen LogP contribution in [0.1, 0.15) is 31.8 Å². The highest BCUT2D eigenvalue weighted by Gasteiger charge is 2.37. The molecule has 2 aromatic carbocycles. The van der Waals surface area contributed by atoms with Crippen molar-refractivity contribution in [3.63, 3.8) is 0 Å². The molecule has 2 atom stereocenters. The van der Waals surface area contributed by atoms with Crippen molar-refractivity contribution in [2.75, 3.05) is 11.4 Å². The lowest BCUT2D eigenvalue weighted by Crippen LogP contribution is -2.42. The fraction of sp³-hybridized carbons (Fsp3) is 0.174. The quantitative estimate of drug-likeness (QED) is 0.665. The Labute approximate surface area is 181 Å². The number of nitrogens with one attached hydrogen (secondary N) is 1. The SMILES string of the molecule is CN1c2ccc(C(=O)NCc3cccnc3)cc2C(=O)C(Cc2cccc(F)c2)S1=O. The second-order valence-corrected chi connectivity index (χ2v) is 8.91. The van der Waals surface area contributed by atoms with Crippen LogP contribution in [0.3, 0.4) is 0 Å². The number of rotatable bonds is 5. The molecular weight excluding hydrogens is 417 g/mol. The highest BCUT2D eigenvalue weighted by molar-refractivity contribution is 7.88.